The minimum atomic E-state index is -0.327. The van der Waals surface area contributed by atoms with Crippen molar-refractivity contribution in [2.75, 3.05) is 27.2 Å². The van der Waals surface area contributed by atoms with Crippen LogP contribution in [-0.4, -0.2) is 33.5 Å². The van der Waals surface area contributed by atoms with Crippen molar-refractivity contribution >= 4 is 6.29 Å². The van der Waals surface area contributed by atoms with Crippen molar-refractivity contribution in [3.8, 4) is 0 Å². The molecule has 3 heteroatoms. The van der Waals surface area contributed by atoms with Crippen molar-refractivity contribution < 1.29 is 4.79 Å². The largest absolute Gasteiger partial charge is 0.318 e. The van der Waals surface area contributed by atoms with Crippen molar-refractivity contribution in [2.45, 2.75) is 6.42 Å². The zero-order chi connectivity index (χ0) is 10.4. The summed E-state index contributed by atoms with van der Waals surface area (Å²) in [4.78, 5) is 11.0. The zero-order valence-corrected chi connectivity index (χ0v) is 8.84. The summed E-state index contributed by atoms with van der Waals surface area (Å²) in [5.74, 6) is 0. The molecule has 0 aliphatic heterocycles. The van der Waals surface area contributed by atoms with Crippen molar-refractivity contribution in [3.05, 3.63) is 23.8 Å². The summed E-state index contributed by atoms with van der Waals surface area (Å²) in [7, 11) is 3.79. The Kier molecular flexibility index (Phi) is 4.04. The summed E-state index contributed by atoms with van der Waals surface area (Å²) in [6.07, 6.45) is 7.99. The molecule has 0 bridgehead atoms. The highest BCUT2D eigenvalue weighted by Gasteiger charge is 2.26. The topological polar surface area (TPSA) is 41.1 Å². The summed E-state index contributed by atoms with van der Waals surface area (Å²) in [6, 6.07) is 0. The molecule has 2 N–H and O–H groups in total. The van der Waals surface area contributed by atoms with Crippen LogP contribution >= 0.6 is 0 Å². The Morgan fingerprint density at radius 3 is 2.71 bits per heavy atom. The van der Waals surface area contributed by atoms with Crippen LogP contribution in [0.15, 0.2) is 23.8 Å². The van der Waals surface area contributed by atoms with Crippen LogP contribution in [-0.2, 0) is 4.79 Å². The van der Waals surface area contributed by atoms with Gasteiger partial charge >= 0.3 is 0 Å². The molecular weight excluding hydrogens is 176 g/mol. The van der Waals surface area contributed by atoms with Crippen LogP contribution in [0, 0.1) is 5.41 Å². The summed E-state index contributed by atoms with van der Waals surface area (Å²) >= 11 is 0. The molecule has 14 heavy (non-hydrogen) atoms. The Labute approximate surface area is 85.3 Å². The molecule has 78 valence electrons. The average Bonchev–Trinajstić information content (AvgIpc) is 2.22. The van der Waals surface area contributed by atoms with E-state index in [4.69, 9.17) is 0 Å². The molecule has 3 nitrogen and oxygen atoms in total. The van der Waals surface area contributed by atoms with Crippen LogP contribution in [0.3, 0.4) is 0 Å². The molecule has 0 saturated carbocycles. The number of allylic oxidation sites excluding steroid dienone is 1. The number of nitrogens with one attached hydrogen (secondary N) is 2. The van der Waals surface area contributed by atoms with E-state index in [2.05, 4.69) is 16.7 Å². The number of carbonyl (C=O) groups excluding carboxylic acids is 1. The highest BCUT2D eigenvalue weighted by Crippen LogP contribution is 2.26. The van der Waals surface area contributed by atoms with E-state index < -0.39 is 0 Å². The first-order valence-corrected chi connectivity index (χ1v) is 4.90. The summed E-state index contributed by atoms with van der Waals surface area (Å²) in [5, 5.41) is 6.14. The van der Waals surface area contributed by atoms with Gasteiger partial charge in [0.1, 0.15) is 6.29 Å². The maximum absolute atomic E-state index is 11.0. The van der Waals surface area contributed by atoms with E-state index in [0.717, 1.165) is 19.3 Å². The molecule has 0 saturated heterocycles. The highest BCUT2D eigenvalue weighted by molar-refractivity contribution is 5.65. The van der Waals surface area contributed by atoms with Gasteiger partial charge in [0.05, 0.1) is 5.41 Å². The van der Waals surface area contributed by atoms with Crippen LogP contribution in [0.1, 0.15) is 6.42 Å². The molecule has 1 atom stereocenters. The molecule has 0 spiro atoms. The van der Waals surface area contributed by atoms with Crippen molar-refractivity contribution in [1.82, 2.24) is 10.6 Å². The zero-order valence-electron chi connectivity index (χ0n) is 8.84. The molecule has 0 amide bonds. The fraction of sp³-hybridized carbons (Fsp3) is 0.545. The SMILES string of the molecule is CNCC1=CCC(C=O)(CNC)C=C1. The van der Waals surface area contributed by atoms with Gasteiger partial charge < -0.3 is 15.4 Å². The predicted molar refractivity (Wildman–Crippen MR) is 58.2 cm³/mol. The van der Waals surface area contributed by atoms with Gasteiger partial charge in [-0.2, -0.15) is 0 Å². The Hall–Kier alpha value is -0.930. The lowest BCUT2D eigenvalue weighted by Gasteiger charge is -2.26. The van der Waals surface area contributed by atoms with E-state index in [1.54, 1.807) is 0 Å². The normalized spacial score (nSPS) is 26.0. The van der Waals surface area contributed by atoms with Gasteiger partial charge in [-0.1, -0.05) is 18.2 Å². The molecule has 0 heterocycles. The molecule has 0 aromatic heterocycles. The van der Waals surface area contributed by atoms with Crippen molar-refractivity contribution in [2.24, 2.45) is 5.41 Å². The van der Waals surface area contributed by atoms with E-state index in [1.807, 2.05) is 26.2 Å². The van der Waals surface area contributed by atoms with Gasteiger partial charge in [-0.25, -0.2) is 0 Å². The fourth-order valence-electron chi connectivity index (χ4n) is 1.65. The lowest BCUT2D eigenvalue weighted by molar-refractivity contribution is -0.113. The third-order valence-electron chi connectivity index (χ3n) is 2.50. The predicted octanol–water partition coefficient (Wildman–Crippen LogP) is 0.497. The second-order valence-electron chi connectivity index (χ2n) is 3.73. The smallest absolute Gasteiger partial charge is 0.131 e. The van der Waals surface area contributed by atoms with Crippen LogP contribution in [0.2, 0.25) is 0 Å². The number of rotatable bonds is 5. The lowest BCUT2D eigenvalue weighted by Crippen LogP contribution is -2.33. The Balaban J connectivity index is 2.64. The third-order valence-corrected chi connectivity index (χ3v) is 2.50. The lowest BCUT2D eigenvalue weighted by atomic mass is 9.81. The molecule has 1 aliphatic carbocycles. The van der Waals surface area contributed by atoms with E-state index in [0.29, 0.717) is 6.54 Å². The summed E-state index contributed by atoms with van der Waals surface area (Å²) in [5.41, 5.74) is 0.924. The molecule has 1 unspecified atom stereocenters. The highest BCUT2D eigenvalue weighted by atomic mass is 16.1. The molecule has 0 aromatic carbocycles. The van der Waals surface area contributed by atoms with E-state index >= 15 is 0 Å². The van der Waals surface area contributed by atoms with Gasteiger partial charge in [-0.3, -0.25) is 0 Å². The number of hydrogen-bond donors (Lipinski definition) is 2. The van der Waals surface area contributed by atoms with Crippen LogP contribution in [0.4, 0.5) is 0 Å². The Morgan fingerprint density at radius 1 is 1.50 bits per heavy atom. The molecule has 0 aromatic rings. The van der Waals surface area contributed by atoms with E-state index in [-0.39, 0.29) is 5.41 Å². The fourth-order valence-corrected chi connectivity index (χ4v) is 1.65. The average molecular weight is 194 g/mol. The first kappa shape index (κ1) is 11.1. The molecule has 1 aliphatic rings. The van der Waals surface area contributed by atoms with Crippen LogP contribution < -0.4 is 10.6 Å². The van der Waals surface area contributed by atoms with Gasteiger partial charge in [0.15, 0.2) is 0 Å². The van der Waals surface area contributed by atoms with E-state index in [1.165, 1.54) is 5.57 Å². The van der Waals surface area contributed by atoms with Gasteiger partial charge in [0, 0.05) is 13.1 Å². The minimum Gasteiger partial charge on any atom is -0.318 e. The maximum atomic E-state index is 11.0. The second-order valence-corrected chi connectivity index (χ2v) is 3.73. The molecule has 0 fully saturated rings. The first-order chi connectivity index (χ1) is 6.76. The van der Waals surface area contributed by atoms with Gasteiger partial charge in [0.25, 0.3) is 0 Å². The number of hydrogen-bond acceptors (Lipinski definition) is 3. The van der Waals surface area contributed by atoms with Crippen molar-refractivity contribution in [3.63, 3.8) is 0 Å². The number of likely N-dealkylation sites (N-methyl/N-ethyl adjacent to an activating group) is 1. The number of aldehydes is 1. The molecule has 0 radical (unpaired) electrons. The summed E-state index contributed by atoms with van der Waals surface area (Å²) in [6.45, 7) is 1.57. The van der Waals surface area contributed by atoms with Gasteiger partial charge in [-0.05, 0) is 26.1 Å². The van der Waals surface area contributed by atoms with Crippen molar-refractivity contribution in [1.29, 1.82) is 0 Å². The Morgan fingerprint density at radius 2 is 2.29 bits per heavy atom. The molecule has 1 rings (SSSR count). The third kappa shape index (κ3) is 2.53. The van der Waals surface area contributed by atoms with Crippen LogP contribution in [0.5, 0.6) is 0 Å². The van der Waals surface area contributed by atoms with Gasteiger partial charge in [-0.15, -0.1) is 0 Å². The first-order valence-electron chi connectivity index (χ1n) is 4.90. The van der Waals surface area contributed by atoms with E-state index in [9.17, 15) is 4.79 Å². The van der Waals surface area contributed by atoms with Crippen LogP contribution in [0.25, 0.3) is 0 Å². The number of carbonyl (C=O) groups is 1. The quantitative estimate of drug-likeness (QED) is 0.626. The summed E-state index contributed by atoms with van der Waals surface area (Å²) < 4.78 is 0. The second kappa shape index (κ2) is 5.08. The molecular formula is C11H18N2O. The Bertz CT molecular complexity index is 258. The minimum absolute atomic E-state index is 0.327. The van der Waals surface area contributed by atoms with Gasteiger partial charge in [0.2, 0.25) is 0 Å². The monoisotopic (exact) mass is 194 g/mol. The maximum Gasteiger partial charge on any atom is 0.131 e. The standard InChI is InChI=1S/C11H18N2O/c1-12-7-10-3-5-11(9-14,6-4-10)8-13-2/h3-5,9,12-13H,6-8H2,1-2H3.